The molecule has 6 heteroatoms. The summed E-state index contributed by atoms with van der Waals surface area (Å²) in [6.45, 7) is 4.27. The minimum atomic E-state index is -0.683. The minimum absolute atomic E-state index is 0.262. The molecule has 1 heterocycles. The number of aryl methyl sites for hydroxylation is 2. The smallest absolute Gasteiger partial charge is 0.422 e. The summed E-state index contributed by atoms with van der Waals surface area (Å²) in [6, 6.07) is 10.6. The Labute approximate surface area is 143 Å². The van der Waals surface area contributed by atoms with Crippen LogP contribution < -0.4 is 16.1 Å². The van der Waals surface area contributed by atoms with Gasteiger partial charge < -0.3 is 9.15 Å². The molecule has 0 unspecified atom stereocenters. The van der Waals surface area contributed by atoms with E-state index in [4.69, 9.17) is 20.8 Å². The second-order valence-corrected chi connectivity index (χ2v) is 5.94. The van der Waals surface area contributed by atoms with E-state index in [1.807, 2.05) is 26.0 Å². The first-order valence-corrected chi connectivity index (χ1v) is 7.87. The van der Waals surface area contributed by atoms with E-state index in [2.05, 4.69) is 0 Å². The average Bonchev–Trinajstić information content (AvgIpc) is 2.54. The van der Waals surface area contributed by atoms with Crippen LogP contribution in [-0.4, -0.2) is 11.2 Å². The molecule has 0 atom stereocenters. The van der Waals surface area contributed by atoms with Gasteiger partial charge in [-0.25, -0.2) is 9.59 Å². The molecule has 5 nitrogen and oxygen atoms in total. The zero-order chi connectivity index (χ0) is 17.3. The van der Waals surface area contributed by atoms with Crippen LogP contribution in [0.25, 0.3) is 10.9 Å². The Morgan fingerprint density at radius 2 is 1.92 bits per heavy atom. The molecule has 124 valence electrons. The second-order valence-electron chi connectivity index (χ2n) is 5.54. The first-order valence-electron chi connectivity index (χ1n) is 7.49. The second kappa shape index (κ2) is 6.53. The molecule has 0 N–H and O–H groups in total. The van der Waals surface area contributed by atoms with Gasteiger partial charge in [-0.1, -0.05) is 23.7 Å². The fraction of sp³-hybridized carbons (Fsp3) is 0.222. The third-order valence-corrected chi connectivity index (χ3v) is 4.27. The number of fused-ring (bicyclic) bond motifs is 1. The summed E-state index contributed by atoms with van der Waals surface area (Å²) in [4.78, 5) is 23.9. The highest BCUT2D eigenvalue weighted by atomic mass is 35.5. The molecule has 0 bridgehead atoms. The number of benzene rings is 2. The highest BCUT2D eigenvalue weighted by Gasteiger charge is 2.11. The van der Waals surface area contributed by atoms with E-state index in [1.54, 1.807) is 24.3 Å². The first-order chi connectivity index (χ1) is 11.5. The Morgan fingerprint density at radius 1 is 1.12 bits per heavy atom. The Hall–Kier alpha value is -2.53. The van der Waals surface area contributed by atoms with Gasteiger partial charge >= 0.3 is 11.4 Å². The van der Waals surface area contributed by atoms with Gasteiger partial charge in [0.2, 0.25) is 0 Å². The van der Waals surface area contributed by atoms with Crippen molar-refractivity contribution < 1.29 is 9.15 Å². The third kappa shape index (κ3) is 3.08. The third-order valence-electron chi connectivity index (χ3n) is 3.84. The SMILES string of the molecule is Cc1cc(OCCn2c(=O)oc(=O)c3cccc(C)c32)ccc1Cl. The lowest BCUT2D eigenvalue weighted by molar-refractivity contribution is 0.287. The molecule has 24 heavy (non-hydrogen) atoms. The topological polar surface area (TPSA) is 61.4 Å². The summed E-state index contributed by atoms with van der Waals surface area (Å²) in [5.41, 5.74) is 1.71. The molecule has 0 aliphatic rings. The zero-order valence-corrected chi connectivity index (χ0v) is 14.1. The molecule has 0 aliphatic carbocycles. The Morgan fingerprint density at radius 3 is 2.67 bits per heavy atom. The predicted octanol–water partition coefficient (Wildman–Crippen LogP) is 3.30. The summed E-state index contributed by atoms with van der Waals surface area (Å²) in [5, 5.41) is 1.06. The van der Waals surface area contributed by atoms with Crippen molar-refractivity contribution in [1.82, 2.24) is 4.57 Å². The summed E-state index contributed by atoms with van der Waals surface area (Å²) < 4.78 is 11.9. The molecule has 0 aliphatic heterocycles. The van der Waals surface area contributed by atoms with Crippen molar-refractivity contribution in [2.75, 3.05) is 6.61 Å². The molecular formula is C18H16ClNO4. The average molecular weight is 346 g/mol. The Balaban J connectivity index is 1.89. The van der Waals surface area contributed by atoms with E-state index >= 15 is 0 Å². The number of nitrogens with zero attached hydrogens (tertiary/aromatic N) is 1. The molecule has 0 amide bonds. The lowest BCUT2D eigenvalue weighted by Crippen LogP contribution is -2.27. The van der Waals surface area contributed by atoms with Crippen LogP contribution in [0.2, 0.25) is 5.02 Å². The standard InChI is InChI=1S/C18H16ClNO4/c1-11-4-3-5-14-16(11)20(18(22)24-17(14)21)8-9-23-13-6-7-15(19)12(2)10-13/h3-7,10H,8-9H2,1-2H3. The maximum Gasteiger partial charge on any atom is 0.422 e. The fourth-order valence-electron chi connectivity index (χ4n) is 2.63. The van der Waals surface area contributed by atoms with Gasteiger partial charge in [-0.05, 0) is 49.2 Å². The summed E-state index contributed by atoms with van der Waals surface area (Å²) in [5.74, 6) is -0.0129. The molecule has 0 radical (unpaired) electrons. The Bertz CT molecular complexity index is 1020. The van der Waals surface area contributed by atoms with Crippen LogP contribution in [0, 0.1) is 13.8 Å². The van der Waals surface area contributed by atoms with Crippen LogP contribution in [0.15, 0.2) is 50.4 Å². The fourth-order valence-corrected chi connectivity index (χ4v) is 2.75. The number of ether oxygens (including phenoxy) is 1. The number of rotatable bonds is 4. The van der Waals surface area contributed by atoms with E-state index in [0.29, 0.717) is 21.7 Å². The molecule has 0 fully saturated rings. The van der Waals surface area contributed by atoms with Crippen molar-refractivity contribution in [2.24, 2.45) is 0 Å². The van der Waals surface area contributed by atoms with E-state index in [9.17, 15) is 9.59 Å². The van der Waals surface area contributed by atoms with E-state index in [1.165, 1.54) is 4.57 Å². The van der Waals surface area contributed by atoms with E-state index in [-0.39, 0.29) is 13.2 Å². The molecule has 0 spiro atoms. The molecule has 3 rings (SSSR count). The lowest BCUT2D eigenvalue weighted by atomic mass is 10.1. The van der Waals surface area contributed by atoms with Gasteiger partial charge in [-0.3, -0.25) is 4.57 Å². The number of aromatic nitrogens is 1. The zero-order valence-electron chi connectivity index (χ0n) is 13.3. The van der Waals surface area contributed by atoms with Gasteiger partial charge in [-0.15, -0.1) is 0 Å². The van der Waals surface area contributed by atoms with Crippen LogP contribution >= 0.6 is 11.6 Å². The van der Waals surface area contributed by atoms with Crippen molar-refractivity contribution in [2.45, 2.75) is 20.4 Å². The molecular weight excluding hydrogens is 330 g/mol. The van der Waals surface area contributed by atoms with Crippen molar-refractivity contribution in [3.63, 3.8) is 0 Å². The van der Waals surface area contributed by atoms with Crippen molar-refractivity contribution in [3.05, 3.63) is 73.5 Å². The summed E-state index contributed by atoms with van der Waals surface area (Å²) >= 11 is 5.99. The summed E-state index contributed by atoms with van der Waals surface area (Å²) in [7, 11) is 0. The largest absolute Gasteiger partial charge is 0.492 e. The number of para-hydroxylation sites is 1. The Kier molecular flexibility index (Phi) is 4.44. The summed E-state index contributed by atoms with van der Waals surface area (Å²) in [6.07, 6.45) is 0. The van der Waals surface area contributed by atoms with Crippen LogP contribution in [0.1, 0.15) is 11.1 Å². The quantitative estimate of drug-likeness (QED) is 0.728. The highest BCUT2D eigenvalue weighted by molar-refractivity contribution is 6.31. The highest BCUT2D eigenvalue weighted by Crippen LogP contribution is 2.21. The van der Waals surface area contributed by atoms with Gasteiger partial charge in [0.25, 0.3) is 0 Å². The lowest BCUT2D eigenvalue weighted by Gasteiger charge is -2.12. The molecule has 2 aromatic carbocycles. The van der Waals surface area contributed by atoms with E-state index in [0.717, 1.165) is 11.1 Å². The number of hydrogen-bond acceptors (Lipinski definition) is 4. The van der Waals surface area contributed by atoms with Gasteiger partial charge in [0, 0.05) is 5.02 Å². The van der Waals surface area contributed by atoms with Gasteiger partial charge in [0.05, 0.1) is 17.4 Å². The monoisotopic (exact) mass is 345 g/mol. The van der Waals surface area contributed by atoms with E-state index < -0.39 is 11.4 Å². The minimum Gasteiger partial charge on any atom is -0.492 e. The molecule has 0 saturated heterocycles. The van der Waals surface area contributed by atoms with Crippen molar-refractivity contribution >= 4 is 22.5 Å². The number of hydrogen-bond donors (Lipinski definition) is 0. The predicted molar refractivity (Wildman–Crippen MR) is 93.2 cm³/mol. The normalized spacial score (nSPS) is 11.0. The van der Waals surface area contributed by atoms with Crippen molar-refractivity contribution in [1.29, 1.82) is 0 Å². The molecule has 1 aromatic heterocycles. The van der Waals surface area contributed by atoms with Gasteiger partial charge in [-0.2, -0.15) is 0 Å². The maximum atomic E-state index is 12.1. The molecule has 0 saturated carbocycles. The van der Waals surface area contributed by atoms with Crippen LogP contribution in [-0.2, 0) is 6.54 Å². The van der Waals surface area contributed by atoms with Crippen LogP contribution in [0.5, 0.6) is 5.75 Å². The number of halogens is 1. The van der Waals surface area contributed by atoms with Crippen molar-refractivity contribution in [3.8, 4) is 5.75 Å². The van der Waals surface area contributed by atoms with Gasteiger partial charge in [0.15, 0.2) is 0 Å². The maximum absolute atomic E-state index is 12.1. The first kappa shape index (κ1) is 16.3. The van der Waals surface area contributed by atoms with Gasteiger partial charge in [0.1, 0.15) is 12.4 Å². The van der Waals surface area contributed by atoms with Crippen LogP contribution in [0.3, 0.4) is 0 Å². The molecule has 3 aromatic rings. The van der Waals surface area contributed by atoms with Crippen LogP contribution in [0.4, 0.5) is 0 Å².